The first-order chi connectivity index (χ1) is 9.04. The number of nitrogens with zero attached hydrogens (tertiary/aromatic N) is 1. The Labute approximate surface area is 108 Å². The molecule has 1 nitrogen and oxygen atoms in total. The van der Waals surface area contributed by atoms with Crippen LogP contribution >= 0.6 is 0 Å². The Morgan fingerprint density at radius 2 is 1.74 bits per heavy atom. The first kappa shape index (κ1) is 12.0. The minimum Gasteiger partial charge on any atom is -0.257 e. The second kappa shape index (κ2) is 4.23. The summed E-state index contributed by atoms with van der Waals surface area (Å²) < 4.78 is 37.5. The molecular formula is C15H10F3N. The Balaban J connectivity index is 1.90. The molecule has 0 saturated carbocycles. The van der Waals surface area contributed by atoms with E-state index in [0.29, 0.717) is 6.42 Å². The van der Waals surface area contributed by atoms with E-state index < -0.39 is 11.7 Å². The third kappa shape index (κ3) is 2.26. The van der Waals surface area contributed by atoms with Crippen LogP contribution in [-0.4, -0.2) is 4.98 Å². The summed E-state index contributed by atoms with van der Waals surface area (Å²) in [5.74, 6) is 0. The summed E-state index contributed by atoms with van der Waals surface area (Å²) in [5, 5.41) is 0. The van der Waals surface area contributed by atoms with Gasteiger partial charge in [-0.05, 0) is 41.0 Å². The highest BCUT2D eigenvalue weighted by Gasteiger charge is 2.30. The fourth-order valence-corrected chi connectivity index (χ4v) is 2.21. The van der Waals surface area contributed by atoms with Gasteiger partial charge in [0.2, 0.25) is 0 Å². The number of pyridine rings is 1. The van der Waals surface area contributed by atoms with Crippen LogP contribution in [-0.2, 0) is 12.6 Å². The van der Waals surface area contributed by atoms with Gasteiger partial charge in [0.15, 0.2) is 0 Å². The molecular weight excluding hydrogens is 251 g/mol. The molecule has 1 aromatic carbocycles. The molecule has 19 heavy (non-hydrogen) atoms. The first-order valence-electron chi connectivity index (χ1n) is 5.86. The van der Waals surface area contributed by atoms with Gasteiger partial charge in [-0.25, -0.2) is 0 Å². The molecule has 3 rings (SSSR count). The number of rotatable bonds is 1. The van der Waals surface area contributed by atoms with Crippen LogP contribution in [0.15, 0.2) is 42.6 Å². The Bertz CT molecular complexity index is 639. The zero-order valence-corrected chi connectivity index (χ0v) is 9.91. The summed E-state index contributed by atoms with van der Waals surface area (Å²) >= 11 is 0. The summed E-state index contributed by atoms with van der Waals surface area (Å²) in [6, 6.07) is 9.11. The smallest absolute Gasteiger partial charge is 0.257 e. The normalized spacial score (nSPS) is 14.2. The summed E-state index contributed by atoms with van der Waals surface area (Å²) in [6.45, 7) is 0. The van der Waals surface area contributed by atoms with E-state index in [9.17, 15) is 13.2 Å². The fraction of sp³-hybridized carbons (Fsp3) is 0.133. The maximum Gasteiger partial charge on any atom is 0.416 e. The highest BCUT2D eigenvalue weighted by atomic mass is 19.4. The number of hydrogen-bond acceptors (Lipinski definition) is 1. The average molecular weight is 261 g/mol. The number of alkyl halides is 3. The predicted octanol–water partition coefficient (Wildman–Crippen LogP) is 4.20. The van der Waals surface area contributed by atoms with Crippen molar-refractivity contribution in [1.29, 1.82) is 0 Å². The van der Waals surface area contributed by atoms with Gasteiger partial charge in [-0.3, -0.25) is 4.98 Å². The van der Waals surface area contributed by atoms with Crippen molar-refractivity contribution >= 4 is 11.6 Å². The largest absolute Gasteiger partial charge is 0.416 e. The molecule has 4 heteroatoms. The van der Waals surface area contributed by atoms with E-state index in [-0.39, 0.29) is 0 Å². The first-order valence-corrected chi connectivity index (χ1v) is 5.86. The van der Waals surface area contributed by atoms with Gasteiger partial charge < -0.3 is 0 Å². The topological polar surface area (TPSA) is 12.9 Å². The van der Waals surface area contributed by atoms with E-state index in [1.54, 1.807) is 6.20 Å². The Morgan fingerprint density at radius 1 is 1.00 bits per heavy atom. The molecule has 1 heterocycles. The lowest BCUT2D eigenvalue weighted by Gasteiger charge is -2.08. The highest BCUT2D eigenvalue weighted by Crippen LogP contribution is 2.33. The molecule has 0 fully saturated rings. The van der Waals surface area contributed by atoms with Crippen LogP contribution in [0, 0.1) is 0 Å². The predicted molar refractivity (Wildman–Crippen MR) is 67.3 cm³/mol. The maximum absolute atomic E-state index is 12.5. The standard InChI is InChI=1S/C15H10F3N/c16-15(17,18)13-5-3-10(4-6-13)12-8-11-2-1-7-19-14(11)9-12/h1-7,9H,8H2. The van der Waals surface area contributed by atoms with E-state index in [1.807, 2.05) is 18.2 Å². The third-order valence-corrected chi connectivity index (χ3v) is 3.20. The quantitative estimate of drug-likeness (QED) is 0.749. The molecule has 0 amide bonds. The van der Waals surface area contributed by atoms with Crippen molar-refractivity contribution in [3.8, 4) is 0 Å². The fourth-order valence-electron chi connectivity index (χ4n) is 2.21. The Hall–Kier alpha value is -2.10. The van der Waals surface area contributed by atoms with Crippen LogP contribution in [0.5, 0.6) is 0 Å². The molecule has 0 N–H and O–H groups in total. The Kier molecular flexibility index (Phi) is 2.66. The van der Waals surface area contributed by atoms with E-state index in [0.717, 1.165) is 34.5 Å². The minimum absolute atomic E-state index is 0.620. The van der Waals surface area contributed by atoms with E-state index in [4.69, 9.17) is 0 Å². The number of allylic oxidation sites excluding steroid dienone is 1. The molecule has 1 aliphatic carbocycles. The molecule has 0 aliphatic heterocycles. The molecule has 1 aliphatic rings. The number of benzene rings is 1. The zero-order chi connectivity index (χ0) is 13.5. The molecule has 0 unspecified atom stereocenters. The second-order valence-corrected chi connectivity index (χ2v) is 4.47. The lowest BCUT2D eigenvalue weighted by atomic mass is 10.0. The van der Waals surface area contributed by atoms with Gasteiger partial charge in [-0.1, -0.05) is 18.2 Å². The van der Waals surface area contributed by atoms with Gasteiger partial charge in [0, 0.05) is 12.6 Å². The number of halogens is 3. The van der Waals surface area contributed by atoms with Crippen LogP contribution < -0.4 is 0 Å². The van der Waals surface area contributed by atoms with Crippen LogP contribution in [0.25, 0.3) is 11.6 Å². The van der Waals surface area contributed by atoms with Crippen molar-refractivity contribution < 1.29 is 13.2 Å². The number of fused-ring (bicyclic) bond motifs is 1. The van der Waals surface area contributed by atoms with E-state index in [2.05, 4.69) is 4.98 Å². The molecule has 2 aromatic rings. The van der Waals surface area contributed by atoms with Gasteiger partial charge in [0.1, 0.15) is 0 Å². The van der Waals surface area contributed by atoms with Crippen molar-refractivity contribution in [2.75, 3.05) is 0 Å². The van der Waals surface area contributed by atoms with Crippen molar-refractivity contribution in [2.45, 2.75) is 12.6 Å². The van der Waals surface area contributed by atoms with Gasteiger partial charge in [-0.15, -0.1) is 0 Å². The van der Waals surface area contributed by atoms with E-state index in [1.165, 1.54) is 12.1 Å². The lowest BCUT2D eigenvalue weighted by Crippen LogP contribution is -2.04. The van der Waals surface area contributed by atoms with Crippen LogP contribution in [0.2, 0.25) is 0 Å². The number of aromatic nitrogens is 1. The van der Waals surface area contributed by atoms with Gasteiger partial charge in [0.05, 0.1) is 11.3 Å². The molecule has 0 saturated heterocycles. The molecule has 1 aromatic heterocycles. The van der Waals surface area contributed by atoms with Crippen LogP contribution in [0.4, 0.5) is 13.2 Å². The van der Waals surface area contributed by atoms with Gasteiger partial charge in [-0.2, -0.15) is 13.2 Å². The molecule has 0 atom stereocenters. The summed E-state index contributed by atoms with van der Waals surface area (Å²) in [4.78, 5) is 4.24. The number of hydrogen-bond donors (Lipinski definition) is 0. The average Bonchev–Trinajstić information content (AvgIpc) is 2.81. The molecule has 96 valence electrons. The summed E-state index contributed by atoms with van der Waals surface area (Å²) in [5.41, 5.74) is 3.20. The monoisotopic (exact) mass is 261 g/mol. The molecule has 0 radical (unpaired) electrons. The molecule has 0 spiro atoms. The van der Waals surface area contributed by atoms with Crippen LogP contribution in [0.1, 0.15) is 22.4 Å². The van der Waals surface area contributed by atoms with Gasteiger partial charge >= 0.3 is 6.18 Å². The highest BCUT2D eigenvalue weighted by molar-refractivity contribution is 5.87. The minimum atomic E-state index is -4.28. The van der Waals surface area contributed by atoms with E-state index >= 15 is 0 Å². The zero-order valence-electron chi connectivity index (χ0n) is 9.91. The lowest BCUT2D eigenvalue weighted by molar-refractivity contribution is -0.137. The second-order valence-electron chi connectivity index (χ2n) is 4.47. The van der Waals surface area contributed by atoms with Crippen molar-refractivity contribution in [2.24, 2.45) is 0 Å². The summed E-state index contributed by atoms with van der Waals surface area (Å²) in [7, 11) is 0. The third-order valence-electron chi connectivity index (χ3n) is 3.20. The van der Waals surface area contributed by atoms with Gasteiger partial charge in [0.25, 0.3) is 0 Å². The van der Waals surface area contributed by atoms with Crippen molar-refractivity contribution in [3.63, 3.8) is 0 Å². The molecule has 0 bridgehead atoms. The summed E-state index contributed by atoms with van der Waals surface area (Å²) in [6.07, 6.45) is 0.0740. The Morgan fingerprint density at radius 3 is 2.37 bits per heavy atom. The maximum atomic E-state index is 12.5. The van der Waals surface area contributed by atoms with Crippen molar-refractivity contribution in [1.82, 2.24) is 4.98 Å². The van der Waals surface area contributed by atoms with Crippen LogP contribution in [0.3, 0.4) is 0 Å². The SMILES string of the molecule is FC(F)(F)c1ccc(C2=Cc3ncccc3C2)cc1. The van der Waals surface area contributed by atoms with Crippen molar-refractivity contribution in [3.05, 3.63) is 65.0 Å².